The number of hydrogen-bond donors (Lipinski definition) is 0. The van der Waals surface area contributed by atoms with Crippen molar-refractivity contribution in [2.24, 2.45) is 74.9 Å². The minimum Gasteiger partial charge on any atom is -0.469 e. The first kappa shape index (κ1) is 61.2. The minimum atomic E-state index is -0.836. The first-order valence-electron chi connectivity index (χ1n) is 29.5. The van der Waals surface area contributed by atoms with Crippen molar-refractivity contribution >= 4 is 59.7 Å². The summed E-state index contributed by atoms with van der Waals surface area (Å²) in [5, 5.41) is 0. The highest BCUT2D eigenvalue weighted by Gasteiger charge is 2.74. The van der Waals surface area contributed by atoms with Crippen molar-refractivity contribution in [1.82, 2.24) is 0 Å². The molecule has 0 N–H and O–H groups in total. The van der Waals surface area contributed by atoms with Gasteiger partial charge in [0.15, 0.2) is 30.5 Å². The maximum Gasteiger partial charge on any atom is 0.344 e. The molecule has 8 aliphatic heterocycles. The number of carbonyl (C=O) groups is 10. The van der Waals surface area contributed by atoms with Gasteiger partial charge in [-0.25, -0.2) is 4.79 Å². The summed E-state index contributed by atoms with van der Waals surface area (Å²) < 4.78 is 65.3. The van der Waals surface area contributed by atoms with E-state index in [9.17, 15) is 47.9 Å². The van der Waals surface area contributed by atoms with Gasteiger partial charge in [-0.05, 0) is 127 Å². The van der Waals surface area contributed by atoms with Gasteiger partial charge < -0.3 is 56.8 Å². The second-order valence-electron chi connectivity index (χ2n) is 27.5. The van der Waals surface area contributed by atoms with Crippen molar-refractivity contribution in [1.29, 1.82) is 0 Å². The van der Waals surface area contributed by atoms with E-state index in [4.69, 9.17) is 56.8 Å². The molecule has 0 aromatic heterocycles. The number of esters is 10. The molecule has 0 amide bonds. The largest absolute Gasteiger partial charge is 0.469 e. The zero-order valence-corrected chi connectivity index (χ0v) is 50.0. The summed E-state index contributed by atoms with van der Waals surface area (Å²) in [6.45, 7) is 25.7. The molecule has 12 aliphatic rings. The van der Waals surface area contributed by atoms with Gasteiger partial charge in [-0.2, -0.15) is 0 Å². The Balaban J connectivity index is 0.000000132. The van der Waals surface area contributed by atoms with Gasteiger partial charge in [-0.1, -0.05) is 27.7 Å². The van der Waals surface area contributed by atoms with Crippen molar-refractivity contribution in [2.75, 3.05) is 13.7 Å². The Morgan fingerprint density at radius 2 is 1.05 bits per heavy atom. The van der Waals surface area contributed by atoms with Crippen LogP contribution in [0, 0.1) is 74.9 Å². The van der Waals surface area contributed by atoms with E-state index in [0.717, 1.165) is 32.1 Å². The third-order valence-corrected chi connectivity index (χ3v) is 21.2. The molecular weight excluding hydrogens is 1070 g/mol. The number of ether oxygens (including phenoxy) is 12. The first-order chi connectivity index (χ1) is 38.2. The molecule has 0 aromatic carbocycles. The van der Waals surface area contributed by atoms with Crippen LogP contribution < -0.4 is 0 Å². The van der Waals surface area contributed by atoms with E-state index in [1.54, 1.807) is 27.7 Å². The Hall–Kier alpha value is -5.38. The fourth-order valence-electron chi connectivity index (χ4n) is 14.0. The van der Waals surface area contributed by atoms with Crippen molar-refractivity contribution in [2.45, 2.75) is 227 Å². The summed E-state index contributed by atoms with van der Waals surface area (Å²) in [4.78, 5) is 120. The normalized spacial score (nSPS) is 40.1. The molecule has 4 saturated carbocycles. The van der Waals surface area contributed by atoms with Crippen LogP contribution in [0.4, 0.5) is 0 Å². The third-order valence-electron chi connectivity index (χ3n) is 21.2. The average molecular weight is 1160 g/mol. The predicted octanol–water partition coefficient (Wildman–Crippen LogP) is 5.65. The summed E-state index contributed by atoms with van der Waals surface area (Å²) in [5.74, 6) is -3.92. The lowest BCUT2D eigenvalue weighted by Crippen LogP contribution is -2.52. The summed E-state index contributed by atoms with van der Waals surface area (Å²) in [7, 11) is 1.26. The average Bonchev–Trinajstić information content (AvgIpc) is 1.80. The molecule has 0 radical (unpaired) electrons. The first-order valence-corrected chi connectivity index (χ1v) is 29.5. The number of methoxy groups -OCH3 is 1. The molecule has 12 fully saturated rings. The molecule has 22 heteroatoms. The van der Waals surface area contributed by atoms with Crippen molar-refractivity contribution in [3.05, 3.63) is 0 Å². The van der Waals surface area contributed by atoms with E-state index in [1.165, 1.54) is 7.11 Å². The van der Waals surface area contributed by atoms with Gasteiger partial charge in [0.05, 0.1) is 46.5 Å². The van der Waals surface area contributed by atoms with E-state index in [2.05, 4.69) is 0 Å². The second-order valence-corrected chi connectivity index (χ2v) is 27.5. The lowest BCUT2D eigenvalue weighted by Gasteiger charge is -2.38. The smallest absolute Gasteiger partial charge is 0.344 e. The van der Waals surface area contributed by atoms with Crippen LogP contribution in [-0.2, 0) is 105 Å². The van der Waals surface area contributed by atoms with Crippen LogP contribution >= 0.6 is 0 Å². The topological polar surface area (TPSA) is 281 Å². The van der Waals surface area contributed by atoms with Crippen LogP contribution in [-0.4, -0.2) is 146 Å². The van der Waals surface area contributed by atoms with Gasteiger partial charge in [-0.15, -0.1) is 0 Å². The molecule has 0 aromatic rings. The monoisotopic (exact) mass is 1160 g/mol. The van der Waals surface area contributed by atoms with E-state index in [0.29, 0.717) is 25.7 Å². The van der Waals surface area contributed by atoms with Crippen LogP contribution in [0.15, 0.2) is 0 Å². The molecular formula is C60H84O22. The van der Waals surface area contributed by atoms with Crippen molar-refractivity contribution in [3.63, 3.8) is 0 Å². The Labute approximate surface area is 478 Å². The Morgan fingerprint density at radius 1 is 0.512 bits per heavy atom. The quantitative estimate of drug-likeness (QED) is 0.141. The maximum absolute atomic E-state index is 12.3. The third kappa shape index (κ3) is 10.1. The van der Waals surface area contributed by atoms with Gasteiger partial charge in [0, 0.05) is 23.7 Å². The number of carbonyl (C=O) groups excluding carboxylic acids is 10. The van der Waals surface area contributed by atoms with Crippen LogP contribution in [0.25, 0.3) is 0 Å². The van der Waals surface area contributed by atoms with Gasteiger partial charge in [-0.3, -0.25) is 43.2 Å². The van der Waals surface area contributed by atoms with Crippen LogP contribution in [0.5, 0.6) is 0 Å². The molecule has 8 bridgehead atoms. The van der Waals surface area contributed by atoms with Gasteiger partial charge >= 0.3 is 59.7 Å². The molecule has 21 unspecified atom stereocenters. The lowest BCUT2D eigenvalue weighted by molar-refractivity contribution is -0.188. The minimum absolute atomic E-state index is 0.00636. The van der Waals surface area contributed by atoms with Crippen LogP contribution in [0.2, 0.25) is 0 Å². The highest BCUT2D eigenvalue weighted by molar-refractivity contribution is 5.87. The molecule has 12 rings (SSSR count). The molecule has 82 heavy (non-hydrogen) atoms. The SMILES string of the molecule is CCC(C)(C)C(=O)OC1(C)C2CC3C(=O)OC1C3C2.CCC(C)(C)C(=O)OC1(C)C2CC3C(=O)OC1C3O2.CCC(C)(C)C(=O)OC1C2OC(=O)C3C2OC1C3C(=O)OC.CCC(C)(C)C(=O)OCC(=O)OC1C2CC3C(=O)OC1C3C2. The van der Waals surface area contributed by atoms with E-state index >= 15 is 0 Å². The van der Waals surface area contributed by atoms with E-state index < -0.39 is 99.1 Å². The highest BCUT2D eigenvalue weighted by atomic mass is 16.7. The van der Waals surface area contributed by atoms with Gasteiger partial charge in [0.25, 0.3) is 0 Å². The summed E-state index contributed by atoms with van der Waals surface area (Å²) >= 11 is 0. The predicted molar refractivity (Wildman–Crippen MR) is 279 cm³/mol. The zero-order chi connectivity index (χ0) is 60.3. The number of fused-ring (bicyclic) bond motifs is 4. The molecule has 8 heterocycles. The zero-order valence-electron chi connectivity index (χ0n) is 50.0. The Kier molecular flexibility index (Phi) is 16.1. The number of rotatable bonds is 15. The highest BCUT2D eigenvalue weighted by Crippen LogP contribution is 2.61. The molecule has 4 aliphatic carbocycles. The summed E-state index contributed by atoms with van der Waals surface area (Å²) in [6, 6.07) is 0. The Morgan fingerprint density at radius 3 is 1.66 bits per heavy atom. The molecule has 456 valence electrons. The molecule has 21 atom stereocenters. The van der Waals surface area contributed by atoms with E-state index in [1.807, 2.05) is 69.2 Å². The van der Waals surface area contributed by atoms with Gasteiger partial charge in [0.1, 0.15) is 60.2 Å². The standard InChI is InChI=1S/C16H22O6.C15H20O7.C15H22O4.C14H20O5/c1-4-16(2,3)15(19)20-7-11(17)21-12-8-5-9-10(6-8)14(18)22-13(9)12;1-5-15(2,3)14(18)22-11-8-6(12(16)19-4)7-9(20-8)10(11)21-13(7)17;1-5-14(2,3)13(17)19-15(4)8-6-9-10(7-8)12(16)18-11(9)15;1-5-13(2,3)12(16)19-14(4)8-6-7-9(17-8)10(14)18-11(7)15/h8-10,12-13H,4-7H2,1-3H3;6-11H,5H2,1-4H3;8-11H,5-7H2,1-4H3;7-10H,5-6H2,1-4H3. The lowest BCUT2D eigenvalue weighted by atomic mass is 9.78. The maximum atomic E-state index is 12.3. The van der Waals surface area contributed by atoms with Crippen molar-refractivity contribution < 1.29 is 105 Å². The number of hydrogen-bond acceptors (Lipinski definition) is 22. The second kappa shape index (κ2) is 21.6. The summed E-state index contributed by atoms with van der Waals surface area (Å²) in [6.07, 6.45) is 2.25. The molecule has 22 nitrogen and oxygen atoms in total. The fourth-order valence-corrected chi connectivity index (χ4v) is 14.0. The van der Waals surface area contributed by atoms with Gasteiger partial charge in [0.2, 0.25) is 0 Å². The fraction of sp³-hybridized carbons (Fsp3) is 0.833. The van der Waals surface area contributed by atoms with Crippen LogP contribution in [0.1, 0.15) is 155 Å². The van der Waals surface area contributed by atoms with Crippen LogP contribution in [0.3, 0.4) is 0 Å². The molecule has 0 spiro atoms. The molecule has 8 saturated heterocycles. The van der Waals surface area contributed by atoms with Crippen molar-refractivity contribution in [3.8, 4) is 0 Å². The summed E-state index contributed by atoms with van der Waals surface area (Å²) in [5.41, 5.74) is -3.72. The van der Waals surface area contributed by atoms with E-state index in [-0.39, 0.29) is 114 Å². The Bertz CT molecular complexity index is 2540.